The van der Waals surface area contributed by atoms with Crippen molar-refractivity contribution in [2.24, 2.45) is 0 Å². The molecule has 182 valence electrons. The summed E-state index contributed by atoms with van der Waals surface area (Å²) in [7, 11) is 0. The van der Waals surface area contributed by atoms with Crippen molar-refractivity contribution in [2.45, 2.75) is 85.7 Å². The van der Waals surface area contributed by atoms with E-state index >= 15 is 0 Å². The number of rotatable bonds is 2. The fraction of sp³-hybridized carbons (Fsp3) is 0.565. The number of benzene rings is 1. The van der Waals surface area contributed by atoms with Crippen molar-refractivity contribution in [3.8, 4) is 5.75 Å². The number of amides is 2. The molecule has 2 rings (SSSR count). The van der Waals surface area contributed by atoms with Crippen LogP contribution in [0.15, 0.2) is 10.5 Å². The summed E-state index contributed by atoms with van der Waals surface area (Å²) in [6.07, 6.45) is -1.92. The maximum atomic E-state index is 13.2. The number of carbonyl (C=O) groups is 4. The second-order valence-electron chi connectivity index (χ2n) is 10.5. The molecule has 1 aromatic rings. The molecule has 1 aromatic carbocycles. The van der Waals surface area contributed by atoms with E-state index in [0.717, 1.165) is 4.90 Å². The topological polar surface area (TPSA) is 108 Å². The van der Waals surface area contributed by atoms with Gasteiger partial charge in [0.2, 0.25) is 0 Å². The molecule has 0 bridgehead atoms. The summed E-state index contributed by atoms with van der Waals surface area (Å²) >= 11 is 3.30. The van der Waals surface area contributed by atoms with Gasteiger partial charge < -0.3 is 18.9 Å². The van der Waals surface area contributed by atoms with Crippen LogP contribution in [0.1, 0.15) is 88.6 Å². The third-order valence-electron chi connectivity index (χ3n) is 3.90. The van der Waals surface area contributed by atoms with E-state index in [1.54, 1.807) is 62.3 Å². The Labute approximate surface area is 201 Å². The normalized spacial score (nSPS) is 14.0. The highest BCUT2D eigenvalue weighted by atomic mass is 79.9. The number of imide groups is 1. The van der Waals surface area contributed by atoms with Gasteiger partial charge in [0.25, 0.3) is 5.91 Å². The van der Waals surface area contributed by atoms with E-state index in [-0.39, 0.29) is 27.9 Å². The van der Waals surface area contributed by atoms with Crippen LogP contribution >= 0.6 is 15.9 Å². The Kier molecular flexibility index (Phi) is 7.23. The van der Waals surface area contributed by atoms with Crippen LogP contribution in [0.3, 0.4) is 0 Å². The van der Waals surface area contributed by atoms with Crippen molar-refractivity contribution in [2.75, 3.05) is 0 Å². The number of hydrogen-bond donors (Lipinski definition) is 0. The third-order valence-corrected chi connectivity index (χ3v) is 4.48. The highest BCUT2D eigenvalue weighted by Gasteiger charge is 2.42. The van der Waals surface area contributed by atoms with Crippen LogP contribution in [-0.2, 0) is 20.8 Å². The average Bonchev–Trinajstić information content (AvgIpc) is 2.87. The van der Waals surface area contributed by atoms with Crippen LogP contribution in [0.5, 0.6) is 5.75 Å². The summed E-state index contributed by atoms with van der Waals surface area (Å²) in [5.74, 6) is -1.89. The molecule has 2 amide bonds. The minimum Gasteiger partial charge on any atom is -0.456 e. The summed E-state index contributed by atoms with van der Waals surface area (Å²) in [6.45, 7) is 14.8. The van der Waals surface area contributed by atoms with Crippen LogP contribution in [0.25, 0.3) is 0 Å². The van der Waals surface area contributed by atoms with Crippen molar-refractivity contribution in [3.63, 3.8) is 0 Å². The molecule has 0 saturated heterocycles. The summed E-state index contributed by atoms with van der Waals surface area (Å²) in [5, 5.41) is 0. The van der Waals surface area contributed by atoms with Crippen molar-refractivity contribution in [1.82, 2.24) is 4.90 Å². The van der Waals surface area contributed by atoms with E-state index in [1.165, 1.54) is 6.07 Å². The Bertz CT molecular complexity index is 996. The molecule has 1 aliphatic rings. The first-order chi connectivity index (χ1) is 14.8. The SMILES string of the molecule is CC(C)(C)OC(=O)Oc1c(Br)cc2c(c1C(=O)OC(C)(C)C)C(=O)N(C(=O)OC(C)(C)C)C2. The van der Waals surface area contributed by atoms with Gasteiger partial charge in [-0.1, -0.05) is 0 Å². The Morgan fingerprint density at radius 1 is 0.879 bits per heavy atom. The van der Waals surface area contributed by atoms with Crippen LogP contribution in [-0.4, -0.2) is 45.8 Å². The zero-order chi connectivity index (χ0) is 25.5. The van der Waals surface area contributed by atoms with Gasteiger partial charge in [0.15, 0.2) is 5.75 Å². The Hall–Kier alpha value is -2.62. The summed E-state index contributed by atoms with van der Waals surface area (Å²) < 4.78 is 21.5. The lowest BCUT2D eigenvalue weighted by molar-refractivity contribution is 0.00542. The fourth-order valence-electron chi connectivity index (χ4n) is 2.87. The zero-order valence-electron chi connectivity index (χ0n) is 20.4. The molecule has 33 heavy (non-hydrogen) atoms. The summed E-state index contributed by atoms with van der Waals surface area (Å²) in [4.78, 5) is 52.2. The number of fused-ring (bicyclic) bond motifs is 1. The van der Waals surface area contributed by atoms with Gasteiger partial charge in [-0.2, -0.15) is 0 Å². The summed E-state index contributed by atoms with van der Waals surface area (Å²) in [5.41, 5.74) is -2.59. The molecule has 10 heteroatoms. The number of halogens is 1. The molecule has 0 saturated carbocycles. The summed E-state index contributed by atoms with van der Waals surface area (Å²) in [6, 6.07) is 1.51. The monoisotopic (exact) mass is 527 g/mol. The van der Waals surface area contributed by atoms with Gasteiger partial charge in [0.05, 0.1) is 16.6 Å². The first-order valence-electron chi connectivity index (χ1n) is 10.3. The first-order valence-corrected chi connectivity index (χ1v) is 11.1. The highest BCUT2D eigenvalue weighted by molar-refractivity contribution is 9.10. The zero-order valence-corrected chi connectivity index (χ0v) is 22.0. The van der Waals surface area contributed by atoms with Crippen LogP contribution in [0.4, 0.5) is 9.59 Å². The maximum absolute atomic E-state index is 13.2. The molecular weight excluding hydrogens is 498 g/mol. The van der Waals surface area contributed by atoms with E-state index in [2.05, 4.69) is 15.9 Å². The van der Waals surface area contributed by atoms with Gasteiger partial charge in [-0.15, -0.1) is 0 Å². The average molecular weight is 528 g/mol. The fourth-order valence-corrected chi connectivity index (χ4v) is 3.43. The third kappa shape index (κ3) is 6.93. The number of nitrogens with zero attached hydrogens (tertiary/aromatic N) is 1. The molecule has 1 heterocycles. The van der Waals surface area contributed by atoms with Crippen molar-refractivity contribution in [3.05, 3.63) is 27.2 Å². The second-order valence-corrected chi connectivity index (χ2v) is 11.4. The molecule has 9 nitrogen and oxygen atoms in total. The quantitative estimate of drug-likeness (QED) is 0.277. The Morgan fingerprint density at radius 2 is 1.39 bits per heavy atom. The van der Waals surface area contributed by atoms with Crippen LogP contribution < -0.4 is 4.74 Å². The molecule has 0 fully saturated rings. The molecule has 0 atom stereocenters. The minimum atomic E-state index is -1.07. The standard InChI is InChI=1S/C23H30BrNO8/c1-21(2,3)31-18(27)15-14-12(11-25(17(14)26)19(28)32-22(4,5)6)10-13(24)16(15)30-20(29)33-23(7,8)9/h10H,11H2,1-9H3. The number of ether oxygens (including phenoxy) is 4. The first kappa shape index (κ1) is 26.6. The predicted octanol–water partition coefficient (Wildman–Crippen LogP) is 5.61. The lowest BCUT2D eigenvalue weighted by atomic mass is 10.0. The lowest BCUT2D eigenvalue weighted by Gasteiger charge is -2.23. The van der Waals surface area contributed by atoms with E-state index in [9.17, 15) is 19.2 Å². The molecule has 0 N–H and O–H groups in total. The van der Waals surface area contributed by atoms with Gasteiger partial charge in [-0.3, -0.25) is 4.79 Å². The maximum Gasteiger partial charge on any atom is 0.514 e. The van der Waals surface area contributed by atoms with Gasteiger partial charge in [-0.25, -0.2) is 19.3 Å². The van der Waals surface area contributed by atoms with Gasteiger partial charge in [-0.05, 0) is 89.9 Å². The molecule has 0 aliphatic carbocycles. The molecule has 0 aromatic heterocycles. The number of esters is 1. The van der Waals surface area contributed by atoms with Gasteiger partial charge in [0, 0.05) is 0 Å². The van der Waals surface area contributed by atoms with Crippen molar-refractivity contribution >= 4 is 40.1 Å². The van der Waals surface area contributed by atoms with Crippen molar-refractivity contribution in [1.29, 1.82) is 0 Å². The van der Waals surface area contributed by atoms with E-state index < -0.39 is 40.9 Å². The van der Waals surface area contributed by atoms with Gasteiger partial charge >= 0.3 is 18.2 Å². The largest absolute Gasteiger partial charge is 0.514 e. The smallest absolute Gasteiger partial charge is 0.456 e. The van der Waals surface area contributed by atoms with E-state index in [4.69, 9.17) is 18.9 Å². The highest BCUT2D eigenvalue weighted by Crippen LogP contribution is 2.40. The molecule has 0 unspecified atom stereocenters. The molecule has 0 spiro atoms. The van der Waals surface area contributed by atoms with E-state index in [0.29, 0.717) is 5.56 Å². The predicted molar refractivity (Wildman–Crippen MR) is 122 cm³/mol. The minimum absolute atomic E-state index is 0.100. The van der Waals surface area contributed by atoms with E-state index in [1.807, 2.05) is 0 Å². The molecule has 0 radical (unpaired) electrons. The Morgan fingerprint density at radius 3 is 1.88 bits per heavy atom. The second kappa shape index (κ2) is 8.96. The molecule has 1 aliphatic heterocycles. The number of hydrogen-bond acceptors (Lipinski definition) is 8. The Balaban J connectivity index is 2.59. The number of carbonyl (C=O) groups excluding carboxylic acids is 4. The van der Waals surface area contributed by atoms with Crippen LogP contribution in [0, 0.1) is 0 Å². The van der Waals surface area contributed by atoms with Gasteiger partial charge in [0.1, 0.15) is 22.4 Å². The lowest BCUT2D eigenvalue weighted by Crippen LogP contribution is -2.37. The van der Waals surface area contributed by atoms with Crippen molar-refractivity contribution < 1.29 is 38.1 Å². The molecular formula is C23H30BrNO8. The van der Waals surface area contributed by atoms with Crippen LogP contribution in [0.2, 0.25) is 0 Å².